The van der Waals surface area contributed by atoms with E-state index in [1.807, 2.05) is 13.8 Å². The molecule has 0 atom stereocenters. The molecular formula is C25H29N3O. The van der Waals surface area contributed by atoms with E-state index in [9.17, 15) is 0 Å². The molecule has 4 rings (SSSR count). The minimum atomic E-state index is 0.625. The van der Waals surface area contributed by atoms with Gasteiger partial charge in [0.15, 0.2) is 0 Å². The molecule has 0 bridgehead atoms. The fourth-order valence-electron chi connectivity index (χ4n) is 4.14. The number of benzene rings is 2. The Hall–Kier alpha value is -2.85. The lowest BCUT2D eigenvalue weighted by atomic mass is 9.97. The van der Waals surface area contributed by atoms with Crippen molar-refractivity contribution in [1.82, 2.24) is 9.97 Å². The Balaban J connectivity index is 1.97. The van der Waals surface area contributed by atoms with Crippen molar-refractivity contribution in [1.29, 1.82) is 0 Å². The molecule has 29 heavy (non-hydrogen) atoms. The first kappa shape index (κ1) is 19.5. The molecular weight excluding hydrogens is 358 g/mol. The van der Waals surface area contributed by atoms with Crippen molar-refractivity contribution in [2.75, 3.05) is 13.2 Å². The van der Waals surface area contributed by atoms with Gasteiger partial charge in [-0.1, -0.05) is 24.3 Å². The third-order valence-electron chi connectivity index (χ3n) is 5.56. The molecule has 0 spiro atoms. The van der Waals surface area contributed by atoms with Crippen LogP contribution < -0.4 is 10.5 Å². The van der Waals surface area contributed by atoms with Gasteiger partial charge in [0.2, 0.25) is 0 Å². The number of ether oxygens (including phenoxy) is 1. The lowest BCUT2D eigenvalue weighted by Crippen LogP contribution is -2.00. The van der Waals surface area contributed by atoms with Gasteiger partial charge in [-0.15, -0.1) is 0 Å². The summed E-state index contributed by atoms with van der Waals surface area (Å²) in [6, 6.07) is 15.0. The van der Waals surface area contributed by atoms with Gasteiger partial charge in [0, 0.05) is 27.5 Å². The maximum Gasteiger partial charge on any atom is 0.145 e. The Morgan fingerprint density at radius 1 is 1.00 bits per heavy atom. The molecule has 4 aromatic rings. The number of pyridine rings is 1. The van der Waals surface area contributed by atoms with Gasteiger partial charge >= 0.3 is 0 Å². The van der Waals surface area contributed by atoms with Gasteiger partial charge in [0.25, 0.3) is 0 Å². The van der Waals surface area contributed by atoms with Crippen molar-refractivity contribution in [3.8, 4) is 17.0 Å². The van der Waals surface area contributed by atoms with Gasteiger partial charge in [0.05, 0.1) is 12.3 Å². The second-order valence-electron chi connectivity index (χ2n) is 7.61. The Kier molecular flexibility index (Phi) is 5.54. The van der Waals surface area contributed by atoms with Gasteiger partial charge < -0.3 is 15.5 Å². The summed E-state index contributed by atoms with van der Waals surface area (Å²) >= 11 is 0. The van der Waals surface area contributed by atoms with Gasteiger partial charge in [-0.05, 0) is 75.9 Å². The van der Waals surface area contributed by atoms with Crippen LogP contribution in [-0.2, 0) is 6.42 Å². The maximum absolute atomic E-state index is 5.87. The molecule has 4 heteroatoms. The van der Waals surface area contributed by atoms with Crippen molar-refractivity contribution in [3.63, 3.8) is 0 Å². The van der Waals surface area contributed by atoms with Gasteiger partial charge in [-0.25, -0.2) is 4.98 Å². The highest BCUT2D eigenvalue weighted by atomic mass is 16.5. The number of H-pyrrole nitrogens is 1. The van der Waals surface area contributed by atoms with Gasteiger partial charge in [-0.3, -0.25) is 0 Å². The first-order chi connectivity index (χ1) is 14.1. The highest BCUT2D eigenvalue weighted by Gasteiger charge is 2.18. The highest BCUT2D eigenvalue weighted by Crippen LogP contribution is 2.38. The zero-order valence-corrected chi connectivity index (χ0v) is 17.5. The summed E-state index contributed by atoms with van der Waals surface area (Å²) in [4.78, 5) is 8.54. The molecule has 0 amide bonds. The van der Waals surface area contributed by atoms with Crippen LogP contribution in [0.25, 0.3) is 33.1 Å². The number of fused-ring (bicyclic) bond motifs is 2. The van der Waals surface area contributed by atoms with Crippen molar-refractivity contribution in [3.05, 3.63) is 59.3 Å². The lowest BCUT2D eigenvalue weighted by molar-refractivity contribution is 0.343. The smallest absolute Gasteiger partial charge is 0.145 e. The van der Waals surface area contributed by atoms with E-state index < -0.39 is 0 Å². The Bertz CT molecular complexity index is 1160. The Labute approximate surface area is 172 Å². The number of nitrogens with one attached hydrogen (secondary N) is 1. The number of aryl methyl sites for hydroxylation is 3. The zero-order chi connectivity index (χ0) is 20.4. The molecule has 0 aliphatic heterocycles. The molecule has 0 aliphatic rings. The van der Waals surface area contributed by atoms with Crippen LogP contribution in [-0.4, -0.2) is 23.1 Å². The average molecular weight is 388 g/mol. The fourth-order valence-corrected chi connectivity index (χ4v) is 4.14. The van der Waals surface area contributed by atoms with E-state index in [2.05, 4.69) is 54.4 Å². The average Bonchev–Trinajstić information content (AvgIpc) is 3.08. The van der Waals surface area contributed by atoms with E-state index in [1.54, 1.807) is 0 Å². The molecule has 0 saturated carbocycles. The first-order valence-electron chi connectivity index (χ1n) is 10.5. The minimum Gasteiger partial charge on any atom is -0.492 e. The van der Waals surface area contributed by atoms with Crippen molar-refractivity contribution in [2.24, 2.45) is 5.73 Å². The van der Waals surface area contributed by atoms with Crippen LogP contribution in [0.3, 0.4) is 0 Å². The summed E-state index contributed by atoms with van der Waals surface area (Å²) in [6.45, 7) is 7.54. The summed E-state index contributed by atoms with van der Waals surface area (Å²) in [5.74, 6) is 0.840. The van der Waals surface area contributed by atoms with Gasteiger partial charge in [0.1, 0.15) is 11.3 Å². The number of rotatable bonds is 7. The van der Waals surface area contributed by atoms with Crippen LogP contribution in [0.2, 0.25) is 0 Å². The van der Waals surface area contributed by atoms with Crippen LogP contribution in [0, 0.1) is 13.8 Å². The number of aromatic amines is 1. The van der Waals surface area contributed by atoms with Gasteiger partial charge in [-0.2, -0.15) is 0 Å². The van der Waals surface area contributed by atoms with Crippen LogP contribution >= 0.6 is 0 Å². The van der Waals surface area contributed by atoms with Crippen molar-refractivity contribution >= 4 is 21.8 Å². The van der Waals surface area contributed by atoms with E-state index in [0.29, 0.717) is 6.61 Å². The van der Waals surface area contributed by atoms with Crippen LogP contribution in [0.4, 0.5) is 0 Å². The number of nitrogens with two attached hydrogens (primary N) is 1. The largest absolute Gasteiger partial charge is 0.492 e. The Morgan fingerprint density at radius 2 is 1.86 bits per heavy atom. The van der Waals surface area contributed by atoms with Crippen LogP contribution in [0.15, 0.2) is 42.5 Å². The molecule has 4 nitrogen and oxygen atoms in total. The summed E-state index contributed by atoms with van der Waals surface area (Å²) in [7, 11) is 0. The number of aromatic nitrogens is 2. The number of hydrogen-bond donors (Lipinski definition) is 2. The molecule has 150 valence electrons. The molecule has 0 fully saturated rings. The molecule has 0 unspecified atom stereocenters. The number of nitrogens with zero attached hydrogens (tertiary/aromatic N) is 1. The lowest BCUT2D eigenvalue weighted by Gasteiger charge is -2.12. The van der Waals surface area contributed by atoms with E-state index in [1.165, 1.54) is 33.3 Å². The normalized spacial score (nSPS) is 11.4. The number of para-hydroxylation sites is 1. The number of hydrogen-bond acceptors (Lipinski definition) is 3. The first-order valence-corrected chi connectivity index (χ1v) is 10.5. The molecule has 0 radical (unpaired) electrons. The van der Waals surface area contributed by atoms with Crippen LogP contribution in [0.1, 0.15) is 36.6 Å². The third kappa shape index (κ3) is 3.60. The maximum atomic E-state index is 5.87. The summed E-state index contributed by atoms with van der Waals surface area (Å²) in [5, 5.41) is 2.42. The quantitative estimate of drug-likeness (QED) is 0.401. The second-order valence-corrected chi connectivity index (χ2v) is 7.61. The van der Waals surface area contributed by atoms with Crippen molar-refractivity contribution in [2.45, 2.75) is 40.0 Å². The molecule has 3 N–H and O–H groups in total. The predicted octanol–water partition coefficient (Wildman–Crippen LogP) is 5.68. The molecule has 0 aliphatic carbocycles. The summed E-state index contributed by atoms with van der Waals surface area (Å²) in [5.41, 5.74) is 13.9. The third-order valence-corrected chi connectivity index (χ3v) is 5.56. The van der Waals surface area contributed by atoms with E-state index in [4.69, 9.17) is 15.5 Å². The molecule has 2 aromatic carbocycles. The fraction of sp³-hybridized carbons (Fsp3) is 0.320. The SMILES string of the molecule is CCOc1ccc(-c2[nH]c3c(C)cccc3c2CCCCN)c2ccc(C)nc12. The van der Waals surface area contributed by atoms with Crippen molar-refractivity contribution < 1.29 is 4.74 Å². The highest BCUT2D eigenvalue weighted by molar-refractivity contribution is 6.02. The zero-order valence-electron chi connectivity index (χ0n) is 17.5. The monoisotopic (exact) mass is 387 g/mol. The topological polar surface area (TPSA) is 63.9 Å². The van der Waals surface area contributed by atoms with E-state index in [0.717, 1.165) is 48.2 Å². The molecule has 2 heterocycles. The molecule has 2 aromatic heterocycles. The Morgan fingerprint density at radius 3 is 2.66 bits per heavy atom. The van der Waals surface area contributed by atoms with E-state index >= 15 is 0 Å². The second kappa shape index (κ2) is 8.26. The predicted molar refractivity (Wildman–Crippen MR) is 122 cm³/mol. The number of unbranched alkanes of at least 4 members (excludes halogenated alkanes) is 1. The summed E-state index contributed by atoms with van der Waals surface area (Å²) in [6.07, 6.45) is 3.11. The minimum absolute atomic E-state index is 0.625. The summed E-state index contributed by atoms with van der Waals surface area (Å²) < 4.78 is 5.87. The van der Waals surface area contributed by atoms with E-state index in [-0.39, 0.29) is 0 Å². The molecule has 0 saturated heterocycles. The van der Waals surface area contributed by atoms with Crippen LogP contribution in [0.5, 0.6) is 5.75 Å². The standard InChI is InChI=1S/C25H29N3O/c1-4-29-22-14-13-20(21-12-11-17(3)27-25(21)22)24-19(9-5-6-15-26)18-10-7-8-16(2)23(18)28-24/h7-8,10-14,28H,4-6,9,15,26H2,1-3H3.